The van der Waals surface area contributed by atoms with Gasteiger partial charge in [0.2, 0.25) is 11.8 Å². The Balaban J connectivity index is 2.01. The fourth-order valence-electron chi connectivity index (χ4n) is 2.59. The topological polar surface area (TPSA) is 40.6 Å². The molecular weight excluding hydrogens is 276 g/mol. The normalized spacial score (nSPS) is 14.0. The molecule has 0 aromatic heterocycles. The van der Waals surface area contributed by atoms with Crippen molar-refractivity contribution in [2.75, 3.05) is 24.5 Å². The van der Waals surface area contributed by atoms with Gasteiger partial charge in [-0.1, -0.05) is 24.3 Å². The second-order valence-corrected chi connectivity index (χ2v) is 5.37. The highest BCUT2D eigenvalue weighted by Crippen LogP contribution is 2.21. The minimum Gasteiger partial charge on any atom is -0.335 e. The van der Waals surface area contributed by atoms with Crippen LogP contribution in [-0.2, 0) is 16.0 Å². The van der Waals surface area contributed by atoms with Crippen molar-refractivity contribution in [3.05, 3.63) is 55.1 Å². The molecule has 0 radical (unpaired) electrons. The van der Waals surface area contributed by atoms with E-state index < -0.39 is 0 Å². The first-order valence-corrected chi connectivity index (χ1v) is 7.54. The summed E-state index contributed by atoms with van der Waals surface area (Å²) in [5, 5.41) is 0. The number of carbonyl (C=O) groups excluding carboxylic acids is 2. The highest BCUT2D eigenvalue weighted by Gasteiger charge is 2.21. The molecule has 2 rings (SSSR count). The van der Waals surface area contributed by atoms with Gasteiger partial charge in [-0.15, -0.1) is 13.2 Å². The largest absolute Gasteiger partial charge is 0.335 e. The molecule has 0 N–H and O–H groups in total. The molecule has 4 nitrogen and oxygen atoms in total. The van der Waals surface area contributed by atoms with Crippen molar-refractivity contribution < 1.29 is 9.59 Å². The maximum absolute atomic E-state index is 12.3. The summed E-state index contributed by atoms with van der Waals surface area (Å²) in [7, 11) is 0. The van der Waals surface area contributed by atoms with E-state index >= 15 is 0 Å². The summed E-state index contributed by atoms with van der Waals surface area (Å²) in [6.07, 6.45) is 5.30. The van der Waals surface area contributed by atoms with Crippen molar-refractivity contribution in [2.24, 2.45) is 0 Å². The standard InChI is InChI=1S/C18H22N2O2/c1-3-11-19(12-4-2)18(22)14-15-7-9-16(10-8-15)20-13-5-6-17(20)21/h3-4,7-10H,1-2,5-6,11-14H2. The zero-order valence-electron chi connectivity index (χ0n) is 12.8. The molecule has 0 spiro atoms. The fraction of sp³-hybridized carbons (Fsp3) is 0.333. The molecule has 1 aromatic carbocycles. The van der Waals surface area contributed by atoms with E-state index in [-0.39, 0.29) is 11.8 Å². The first-order valence-electron chi connectivity index (χ1n) is 7.54. The molecule has 1 heterocycles. The quantitative estimate of drug-likeness (QED) is 0.726. The van der Waals surface area contributed by atoms with E-state index in [2.05, 4.69) is 13.2 Å². The van der Waals surface area contributed by atoms with Crippen molar-refractivity contribution in [1.29, 1.82) is 0 Å². The zero-order chi connectivity index (χ0) is 15.9. The predicted octanol–water partition coefficient (Wildman–Crippen LogP) is 2.56. The van der Waals surface area contributed by atoms with E-state index in [9.17, 15) is 9.59 Å². The average molecular weight is 298 g/mol. The van der Waals surface area contributed by atoms with E-state index in [1.807, 2.05) is 24.3 Å². The summed E-state index contributed by atoms with van der Waals surface area (Å²) in [6.45, 7) is 9.16. The van der Waals surface area contributed by atoms with E-state index in [4.69, 9.17) is 0 Å². The van der Waals surface area contributed by atoms with Gasteiger partial charge in [0, 0.05) is 31.7 Å². The molecule has 1 saturated heterocycles. The molecule has 22 heavy (non-hydrogen) atoms. The monoisotopic (exact) mass is 298 g/mol. The molecule has 116 valence electrons. The molecule has 0 aliphatic carbocycles. The van der Waals surface area contributed by atoms with Gasteiger partial charge in [0.25, 0.3) is 0 Å². The molecule has 0 bridgehead atoms. The number of hydrogen-bond acceptors (Lipinski definition) is 2. The molecule has 0 saturated carbocycles. The van der Waals surface area contributed by atoms with Gasteiger partial charge in [0.05, 0.1) is 6.42 Å². The number of amides is 2. The molecule has 4 heteroatoms. The third-order valence-corrected chi connectivity index (χ3v) is 3.73. The first kappa shape index (κ1) is 16.0. The molecule has 0 atom stereocenters. The third-order valence-electron chi connectivity index (χ3n) is 3.73. The number of rotatable bonds is 7. The molecule has 2 amide bonds. The summed E-state index contributed by atoms with van der Waals surface area (Å²) in [4.78, 5) is 27.5. The second-order valence-electron chi connectivity index (χ2n) is 5.37. The molecule has 1 fully saturated rings. The fourth-order valence-corrected chi connectivity index (χ4v) is 2.59. The molecule has 0 unspecified atom stereocenters. The maximum Gasteiger partial charge on any atom is 0.227 e. The Morgan fingerprint density at radius 3 is 2.32 bits per heavy atom. The van der Waals surface area contributed by atoms with Crippen LogP contribution in [-0.4, -0.2) is 36.3 Å². The van der Waals surface area contributed by atoms with Crippen LogP contribution in [0.3, 0.4) is 0 Å². The molecule has 1 aromatic rings. The molecule has 1 aliphatic heterocycles. The van der Waals surface area contributed by atoms with Crippen molar-refractivity contribution in [2.45, 2.75) is 19.3 Å². The number of anilines is 1. The summed E-state index contributed by atoms with van der Waals surface area (Å²) in [5.41, 5.74) is 1.85. The first-order chi connectivity index (χ1) is 10.7. The van der Waals surface area contributed by atoms with Crippen LogP contribution in [0.5, 0.6) is 0 Å². The molecular formula is C18H22N2O2. The number of hydrogen-bond donors (Lipinski definition) is 0. The van der Waals surface area contributed by atoms with Crippen LogP contribution in [0.15, 0.2) is 49.6 Å². The Labute approximate surface area is 131 Å². The number of benzene rings is 1. The Morgan fingerprint density at radius 2 is 1.82 bits per heavy atom. The zero-order valence-corrected chi connectivity index (χ0v) is 12.8. The summed E-state index contributed by atoms with van der Waals surface area (Å²) >= 11 is 0. The van der Waals surface area contributed by atoms with E-state index in [1.165, 1.54) is 0 Å². The number of nitrogens with zero attached hydrogens (tertiary/aromatic N) is 2. The Bertz CT molecular complexity index is 553. The minimum atomic E-state index is 0.0461. The average Bonchev–Trinajstić information content (AvgIpc) is 2.94. The van der Waals surface area contributed by atoms with Crippen molar-refractivity contribution >= 4 is 17.5 Å². The van der Waals surface area contributed by atoms with Crippen molar-refractivity contribution in [3.63, 3.8) is 0 Å². The van der Waals surface area contributed by atoms with Gasteiger partial charge in [-0.2, -0.15) is 0 Å². The maximum atomic E-state index is 12.3. The van der Waals surface area contributed by atoms with Crippen LogP contribution in [0.4, 0.5) is 5.69 Å². The highest BCUT2D eigenvalue weighted by molar-refractivity contribution is 5.95. The van der Waals surface area contributed by atoms with Crippen LogP contribution in [0.2, 0.25) is 0 Å². The SMILES string of the molecule is C=CCN(CC=C)C(=O)Cc1ccc(N2CCCC2=O)cc1. The second kappa shape index (κ2) is 7.59. The van der Waals surface area contributed by atoms with Gasteiger partial charge in [-0.25, -0.2) is 0 Å². The molecule has 1 aliphatic rings. The van der Waals surface area contributed by atoms with Crippen LogP contribution < -0.4 is 4.90 Å². The van der Waals surface area contributed by atoms with Crippen LogP contribution >= 0.6 is 0 Å². The summed E-state index contributed by atoms with van der Waals surface area (Å²) in [5.74, 6) is 0.219. The van der Waals surface area contributed by atoms with Crippen LogP contribution in [0.25, 0.3) is 0 Å². The van der Waals surface area contributed by atoms with Crippen LogP contribution in [0.1, 0.15) is 18.4 Å². The van der Waals surface area contributed by atoms with Gasteiger partial charge in [-0.3, -0.25) is 9.59 Å². The minimum absolute atomic E-state index is 0.0461. The van der Waals surface area contributed by atoms with E-state index in [1.54, 1.807) is 22.0 Å². The van der Waals surface area contributed by atoms with Gasteiger partial charge >= 0.3 is 0 Å². The van der Waals surface area contributed by atoms with Gasteiger partial charge in [0.1, 0.15) is 0 Å². The summed E-state index contributed by atoms with van der Waals surface area (Å²) < 4.78 is 0. The van der Waals surface area contributed by atoms with Gasteiger partial charge in [0.15, 0.2) is 0 Å². The van der Waals surface area contributed by atoms with E-state index in [0.717, 1.165) is 24.2 Å². The van der Waals surface area contributed by atoms with Crippen LogP contribution in [0, 0.1) is 0 Å². The Morgan fingerprint density at radius 1 is 1.18 bits per heavy atom. The van der Waals surface area contributed by atoms with Crippen molar-refractivity contribution in [1.82, 2.24) is 4.90 Å². The van der Waals surface area contributed by atoms with Gasteiger partial charge < -0.3 is 9.80 Å². The lowest BCUT2D eigenvalue weighted by Gasteiger charge is -2.20. The lowest BCUT2D eigenvalue weighted by atomic mass is 10.1. The van der Waals surface area contributed by atoms with Crippen molar-refractivity contribution in [3.8, 4) is 0 Å². The third kappa shape index (κ3) is 3.85. The van der Waals surface area contributed by atoms with E-state index in [0.29, 0.717) is 25.9 Å². The lowest BCUT2D eigenvalue weighted by molar-refractivity contribution is -0.129. The Kier molecular flexibility index (Phi) is 5.53. The summed E-state index contributed by atoms with van der Waals surface area (Å²) in [6, 6.07) is 7.66. The predicted molar refractivity (Wildman–Crippen MR) is 88.7 cm³/mol. The van der Waals surface area contributed by atoms with Gasteiger partial charge in [-0.05, 0) is 24.1 Å². The highest BCUT2D eigenvalue weighted by atomic mass is 16.2. The number of carbonyl (C=O) groups is 2. The lowest BCUT2D eigenvalue weighted by Crippen LogP contribution is -2.32. The smallest absolute Gasteiger partial charge is 0.227 e. The Hall–Kier alpha value is -2.36.